The molecule has 3 rings (SSSR count). The summed E-state index contributed by atoms with van der Waals surface area (Å²) in [5.74, 6) is 0.163. The predicted octanol–water partition coefficient (Wildman–Crippen LogP) is 3.92. The Balaban J connectivity index is 1.64. The second-order valence-corrected chi connectivity index (χ2v) is 7.10. The van der Waals surface area contributed by atoms with E-state index < -0.39 is 11.6 Å². The fourth-order valence-electron chi connectivity index (χ4n) is 3.02. The summed E-state index contributed by atoms with van der Waals surface area (Å²) in [4.78, 5) is 25.3. The molecule has 1 N–H and O–H groups in total. The monoisotopic (exact) mass is 369 g/mol. The van der Waals surface area contributed by atoms with Gasteiger partial charge in [-0.1, -0.05) is 30.3 Å². The van der Waals surface area contributed by atoms with Gasteiger partial charge in [0.15, 0.2) is 5.60 Å². The fraction of sp³-hybridized carbons (Fsp3) is 0.333. The van der Waals surface area contributed by atoms with Crippen molar-refractivity contribution in [2.75, 3.05) is 13.1 Å². The summed E-state index contributed by atoms with van der Waals surface area (Å²) in [5, 5.41) is 9.22. The lowest BCUT2D eigenvalue weighted by atomic mass is 9.98. The number of carbonyl (C=O) groups excluding carboxylic acids is 1. The van der Waals surface area contributed by atoms with Crippen LogP contribution < -0.4 is 9.47 Å². The van der Waals surface area contributed by atoms with E-state index in [2.05, 4.69) is 0 Å². The van der Waals surface area contributed by atoms with E-state index >= 15 is 0 Å². The van der Waals surface area contributed by atoms with Crippen LogP contribution in [0.1, 0.15) is 31.7 Å². The van der Waals surface area contributed by atoms with Crippen molar-refractivity contribution in [2.24, 2.45) is 0 Å². The molecular weight excluding hydrogens is 346 g/mol. The summed E-state index contributed by atoms with van der Waals surface area (Å²) in [6.07, 6.45) is 0.457. The first-order chi connectivity index (χ1) is 12.8. The van der Waals surface area contributed by atoms with Crippen LogP contribution in [0.2, 0.25) is 0 Å². The Bertz CT molecular complexity index is 818. The third-order valence-corrected chi connectivity index (χ3v) is 4.61. The van der Waals surface area contributed by atoms with E-state index in [4.69, 9.17) is 9.47 Å². The highest BCUT2D eigenvalue weighted by Crippen LogP contribution is 2.31. The molecule has 0 aliphatic carbocycles. The third kappa shape index (κ3) is 4.58. The Hall–Kier alpha value is -3.02. The molecular formula is C21H23NO5. The van der Waals surface area contributed by atoms with Crippen LogP contribution in [0, 0.1) is 0 Å². The number of likely N-dealkylation sites (tertiary alicyclic amines) is 1. The molecule has 142 valence electrons. The van der Waals surface area contributed by atoms with E-state index in [-0.39, 0.29) is 12.0 Å². The number of carboxylic acids is 1. The van der Waals surface area contributed by atoms with Crippen LogP contribution in [0.3, 0.4) is 0 Å². The standard InChI is InChI=1S/C21H23NO5/c1-21(2,19(23)24)27-18-10-6-7-15(13-18)16-11-12-22(14-16)20(25)26-17-8-4-3-5-9-17/h3-10,13,16H,11-12,14H2,1-2H3,(H,23,24). The summed E-state index contributed by atoms with van der Waals surface area (Å²) < 4.78 is 11.0. The zero-order valence-electron chi connectivity index (χ0n) is 15.4. The van der Waals surface area contributed by atoms with Gasteiger partial charge in [-0.25, -0.2) is 9.59 Å². The van der Waals surface area contributed by atoms with Gasteiger partial charge in [-0.05, 0) is 50.1 Å². The zero-order valence-corrected chi connectivity index (χ0v) is 15.4. The van der Waals surface area contributed by atoms with Crippen LogP contribution >= 0.6 is 0 Å². The Labute approximate surface area is 158 Å². The smallest absolute Gasteiger partial charge is 0.415 e. The van der Waals surface area contributed by atoms with Gasteiger partial charge < -0.3 is 19.5 Å². The normalized spacial score (nSPS) is 16.8. The minimum Gasteiger partial charge on any atom is -0.478 e. The Morgan fingerprint density at radius 3 is 2.48 bits per heavy atom. The number of hydrogen-bond acceptors (Lipinski definition) is 4. The van der Waals surface area contributed by atoms with Gasteiger partial charge in [0.2, 0.25) is 0 Å². The molecule has 1 saturated heterocycles. The van der Waals surface area contributed by atoms with Crippen molar-refractivity contribution in [2.45, 2.75) is 31.8 Å². The maximum atomic E-state index is 12.3. The minimum atomic E-state index is -1.31. The van der Waals surface area contributed by atoms with Gasteiger partial charge in [-0.3, -0.25) is 0 Å². The molecule has 1 amide bonds. The van der Waals surface area contributed by atoms with Crippen LogP contribution in [0.15, 0.2) is 54.6 Å². The number of nitrogens with zero attached hydrogens (tertiary/aromatic N) is 1. The molecule has 0 spiro atoms. The van der Waals surface area contributed by atoms with Crippen molar-refractivity contribution >= 4 is 12.1 Å². The first-order valence-corrected chi connectivity index (χ1v) is 8.89. The molecule has 0 aromatic heterocycles. The number of ether oxygens (including phenoxy) is 2. The molecule has 1 unspecified atom stereocenters. The number of carbonyl (C=O) groups is 2. The van der Waals surface area contributed by atoms with E-state index in [0.717, 1.165) is 12.0 Å². The van der Waals surface area contributed by atoms with E-state index in [9.17, 15) is 14.7 Å². The largest absolute Gasteiger partial charge is 0.478 e. The fourth-order valence-corrected chi connectivity index (χ4v) is 3.02. The van der Waals surface area contributed by atoms with Crippen LogP contribution in [0.4, 0.5) is 4.79 Å². The number of hydrogen-bond donors (Lipinski definition) is 1. The molecule has 27 heavy (non-hydrogen) atoms. The lowest BCUT2D eigenvalue weighted by Gasteiger charge is -2.22. The third-order valence-electron chi connectivity index (χ3n) is 4.61. The second kappa shape index (κ2) is 7.70. The molecule has 1 aliphatic rings. The molecule has 0 radical (unpaired) electrons. The molecule has 2 aromatic rings. The summed E-state index contributed by atoms with van der Waals surface area (Å²) >= 11 is 0. The maximum Gasteiger partial charge on any atom is 0.415 e. The summed E-state index contributed by atoms with van der Waals surface area (Å²) in [7, 11) is 0. The van der Waals surface area contributed by atoms with E-state index in [0.29, 0.717) is 24.6 Å². The molecule has 1 fully saturated rings. The van der Waals surface area contributed by atoms with Crippen molar-refractivity contribution in [1.29, 1.82) is 0 Å². The van der Waals surface area contributed by atoms with Crippen LogP contribution in [-0.4, -0.2) is 40.8 Å². The highest BCUT2D eigenvalue weighted by atomic mass is 16.6. The Morgan fingerprint density at radius 1 is 1.07 bits per heavy atom. The van der Waals surface area contributed by atoms with Crippen molar-refractivity contribution < 1.29 is 24.2 Å². The van der Waals surface area contributed by atoms with Crippen molar-refractivity contribution in [3.05, 3.63) is 60.2 Å². The van der Waals surface area contributed by atoms with Crippen LogP contribution in [-0.2, 0) is 4.79 Å². The Morgan fingerprint density at radius 2 is 1.78 bits per heavy atom. The molecule has 0 saturated carbocycles. The molecule has 2 aromatic carbocycles. The van der Waals surface area contributed by atoms with Gasteiger partial charge in [0, 0.05) is 19.0 Å². The van der Waals surface area contributed by atoms with Gasteiger partial charge >= 0.3 is 12.1 Å². The predicted molar refractivity (Wildman–Crippen MR) is 100 cm³/mol. The van der Waals surface area contributed by atoms with Crippen molar-refractivity contribution in [3.63, 3.8) is 0 Å². The number of amides is 1. The molecule has 0 bridgehead atoms. The highest BCUT2D eigenvalue weighted by molar-refractivity contribution is 5.76. The minimum absolute atomic E-state index is 0.157. The lowest BCUT2D eigenvalue weighted by Crippen LogP contribution is -2.37. The number of carboxylic acid groups (broad SMARTS) is 1. The summed E-state index contributed by atoms with van der Waals surface area (Å²) in [6.45, 7) is 4.19. The number of rotatable bonds is 5. The van der Waals surface area contributed by atoms with Gasteiger partial charge in [0.1, 0.15) is 11.5 Å². The van der Waals surface area contributed by atoms with Gasteiger partial charge in [0.25, 0.3) is 0 Å². The zero-order chi connectivity index (χ0) is 19.4. The quantitative estimate of drug-likeness (QED) is 0.865. The van der Waals surface area contributed by atoms with Gasteiger partial charge in [0.05, 0.1) is 0 Å². The first-order valence-electron chi connectivity index (χ1n) is 8.89. The van der Waals surface area contributed by atoms with E-state index in [1.807, 2.05) is 36.4 Å². The summed E-state index contributed by atoms with van der Waals surface area (Å²) in [5.41, 5.74) is -0.288. The Kier molecular flexibility index (Phi) is 5.35. The topological polar surface area (TPSA) is 76.1 Å². The SMILES string of the molecule is CC(C)(Oc1cccc(C2CCN(C(=O)Oc3ccccc3)C2)c1)C(=O)O. The van der Waals surface area contributed by atoms with E-state index in [1.165, 1.54) is 13.8 Å². The average molecular weight is 369 g/mol. The second-order valence-electron chi connectivity index (χ2n) is 7.10. The van der Waals surface area contributed by atoms with Gasteiger partial charge in [-0.15, -0.1) is 0 Å². The first kappa shape index (κ1) is 18.8. The molecule has 1 aliphatic heterocycles. The van der Waals surface area contributed by atoms with Gasteiger partial charge in [-0.2, -0.15) is 0 Å². The van der Waals surface area contributed by atoms with Crippen molar-refractivity contribution in [1.82, 2.24) is 4.90 Å². The maximum absolute atomic E-state index is 12.3. The number of para-hydroxylation sites is 1. The van der Waals surface area contributed by atoms with Crippen LogP contribution in [0.5, 0.6) is 11.5 Å². The van der Waals surface area contributed by atoms with Crippen molar-refractivity contribution in [3.8, 4) is 11.5 Å². The summed E-state index contributed by atoms with van der Waals surface area (Å²) in [6, 6.07) is 16.4. The molecule has 6 nitrogen and oxygen atoms in total. The van der Waals surface area contributed by atoms with Crippen LogP contribution in [0.25, 0.3) is 0 Å². The highest BCUT2D eigenvalue weighted by Gasteiger charge is 2.31. The van der Waals surface area contributed by atoms with E-state index in [1.54, 1.807) is 23.1 Å². The molecule has 1 atom stereocenters. The average Bonchev–Trinajstić information content (AvgIpc) is 3.13. The number of aliphatic carboxylic acids is 1. The number of benzene rings is 2. The molecule has 1 heterocycles. The lowest BCUT2D eigenvalue weighted by molar-refractivity contribution is -0.152. The molecule has 6 heteroatoms.